The number of hydrogen-bond donors (Lipinski definition) is 2. The molecule has 33 heavy (non-hydrogen) atoms. The number of aryl methyl sites for hydroxylation is 2. The molecule has 0 atom stereocenters. The van der Waals surface area contributed by atoms with Gasteiger partial charge < -0.3 is 15.3 Å². The lowest BCUT2D eigenvalue weighted by Gasteiger charge is -2.35. The molecule has 1 aromatic carbocycles. The van der Waals surface area contributed by atoms with Gasteiger partial charge >= 0.3 is 0 Å². The molecule has 0 unspecified atom stereocenters. The molecule has 0 saturated carbocycles. The first kappa shape index (κ1) is 23.6. The van der Waals surface area contributed by atoms with E-state index in [0.29, 0.717) is 34.4 Å². The van der Waals surface area contributed by atoms with Crippen molar-refractivity contribution in [1.29, 1.82) is 0 Å². The molecule has 8 nitrogen and oxygen atoms in total. The summed E-state index contributed by atoms with van der Waals surface area (Å²) in [5.74, 6) is 1.39. The molecule has 0 aliphatic carbocycles. The molecule has 174 valence electrons. The summed E-state index contributed by atoms with van der Waals surface area (Å²) in [6.45, 7) is 8.20. The third kappa shape index (κ3) is 5.86. The van der Waals surface area contributed by atoms with Crippen LogP contribution < -0.4 is 10.2 Å². The van der Waals surface area contributed by atoms with Gasteiger partial charge in [-0.05, 0) is 25.5 Å². The van der Waals surface area contributed by atoms with Gasteiger partial charge in [0, 0.05) is 45.2 Å². The van der Waals surface area contributed by atoms with Crippen LogP contribution in [0.2, 0.25) is 5.02 Å². The molecule has 2 N–H and O–H groups in total. The van der Waals surface area contributed by atoms with Crippen LogP contribution in [0.3, 0.4) is 0 Å². The highest BCUT2D eigenvalue weighted by Gasteiger charge is 2.19. The van der Waals surface area contributed by atoms with E-state index < -0.39 is 0 Å². The second kappa shape index (κ2) is 10.6. The largest absolute Gasteiger partial charge is 0.395 e. The molecule has 1 aliphatic rings. The van der Waals surface area contributed by atoms with E-state index in [1.54, 1.807) is 12.3 Å². The average Bonchev–Trinajstić information content (AvgIpc) is 3.25. The van der Waals surface area contributed by atoms with Crippen LogP contribution >= 0.6 is 22.9 Å². The molecule has 4 rings (SSSR count). The van der Waals surface area contributed by atoms with Gasteiger partial charge in [0.1, 0.15) is 16.5 Å². The molecule has 0 bridgehead atoms. The summed E-state index contributed by atoms with van der Waals surface area (Å²) < 4.78 is 0. The topological polar surface area (TPSA) is 94.5 Å². The molecular formula is C23H27ClN6O2S. The van der Waals surface area contributed by atoms with Gasteiger partial charge in [0.15, 0.2) is 0 Å². The summed E-state index contributed by atoms with van der Waals surface area (Å²) in [4.78, 5) is 31.4. The lowest BCUT2D eigenvalue weighted by Crippen LogP contribution is -2.47. The maximum absolute atomic E-state index is 12.7. The number of carbonyl (C=O) groups excluding carboxylic acids is 1. The first-order valence-electron chi connectivity index (χ1n) is 10.9. The number of hydrogen-bond acceptors (Lipinski definition) is 8. The number of benzene rings is 1. The third-order valence-electron chi connectivity index (χ3n) is 5.56. The van der Waals surface area contributed by atoms with Crippen molar-refractivity contribution in [2.24, 2.45) is 0 Å². The zero-order valence-electron chi connectivity index (χ0n) is 18.7. The Bertz CT molecular complexity index is 1110. The van der Waals surface area contributed by atoms with E-state index in [1.165, 1.54) is 11.3 Å². The minimum absolute atomic E-state index is 0.183. The van der Waals surface area contributed by atoms with Crippen LogP contribution in [0, 0.1) is 13.8 Å². The maximum atomic E-state index is 12.7. The molecule has 1 fully saturated rings. The van der Waals surface area contributed by atoms with Gasteiger partial charge in [-0.3, -0.25) is 9.69 Å². The van der Waals surface area contributed by atoms with Crippen LogP contribution in [0.1, 0.15) is 31.8 Å². The Kier molecular flexibility index (Phi) is 7.54. The minimum Gasteiger partial charge on any atom is -0.395 e. The maximum Gasteiger partial charge on any atom is 0.267 e. The number of aliphatic hydroxyl groups excluding tert-OH is 1. The Hall–Kier alpha value is -2.59. The second-order valence-electron chi connectivity index (χ2n) is 8.00. The van der Waals surface area contributed by atoms with Crippen molar-refractivity contribution in [3.8, 4) is 0 Å². The number of thiazole rings is 1. The van der Waals surface area contributed by atoms with Gasteiger partial charge in [0.25, 0.3) is 5.91 Å². The number of carbonyl (C=O) groups is 1. The van der Waals surface area contributed by atoms with Gasteiger partial charge in [0.2, 0.25) is 0 Å². The molecule has 1 aliphatic heterocycles. The molecular weight excluding hydrogens is 460 g/mol. The predicted molar refractivity (Wildman–Crippen MR) is 132 cm³/mol. The van der Waals surface area contributed by atoms with Gasteiger partial charge in [0.05, 0.1) is 34.2 Å². The highest BCUT2D eigenvalue weighted by Crippen LogP contribution is 2.27. The van der Waals surface area contributed by atoms with Crippen molar-refractivity contribution < 1.29 is 9.90 Å². The number of amides is 1. The predicted octanol–water partition coefficient (Wildman–Crippen LogP) is 3.16. The Morgan fingerprint density at radius 1 is 1.21 bits per heavy atom. The number of nitrogens with one attached hydrogen (secondary N) is 1. The van der Waals surface area contributed by atoms with Crippen LogP contribution in [0.4, 0.5) is 11.5 Å². The molecule has 3 heterocycles. The van der Waals surface area contributed by atoms with E-state index in [0.717, 1.165) is 48.3 Å². The second-order valence-corrected chi connectivity index (χ2v) is 9.52. The SMILES string of the molecule is Cc1nc(Cc2ncc(C(=O)Nc3c(C)cccc3Cl)s2)cc(N2CCN(CCO)CC2)n1. The van der Waals surface area contributed by atoms with Gasteiger partial charge in [-0.1, -0.05) is 23.7 Å². The molecule has 1 saturated heterocycles. The van der Waals surface area contributed by atoms with E-state index in [2.05, 4.69) is 30.1 Å². The number of β-amino-alcohol motifs (C(OH)–C–C–N with tert-alkyl or cyclic N) is 1. The summed E-state index contributed by atoms with van der Waals surface area (Å²) in [6.07, 6.45) is 2.13. The lowest BCUT2D eigenvalue weighted by molar-refractivity contribution is 0.103. The number of aliphatic hydroxyl groups is 1. The van der Waals surface area contributed by atoms with Crippen molar-refractivity contribution in [3.63, 3.8) is 0 Å². The number of halogens is 1. The molecule has 2 aromatic heterocycles. The van der Waals surface area contributed by atoms with Crippen molar-refractivity contribution in [2.75, 3.05) is 49.5 Å². The Labute approximate surface area is 202 Å². The molecule has 3 aromatic rings. The Morgan fingerprint density at radius 3 is 2.73 bits per heavy atom. The first-order chi connectivity index (χ1) is 15.9. The normalized spacial score (nSPS) is 14.5. The average molecular weight is 487 g/mol. The third-order valence-corrected chi connectivity index (χ3v) is 6.87. The van der Waals surface area contributed by atoms with Crippen LogP contribution in [0.5, 0.6) is 0 Å². The first-order valence-corrected chi connectivity index (χ1v) is 12.1. The zero-order chi connectivity index (χ0) is 23.4. The van der Waals surface area contributed by atoms with Crippen molar-refractivity contribution >= 4 is 40.4 Å². The van der Waals surface area contributed by atoms with Gasteiger partial charge in [-0.15, -0.1) is 11.3 Å². The zero-order valence-corrected chi connectivity index (χ0v) is 20.3. The van der Waals surface area contributed by atoms with E-state index in [-0.39, 0.29) is 12.5 Å². The number of aromatic nitrogens is 3. The van der Waals surface area contributed by atoms with E-state index in [9.17, 15) is 4.79 Å². The van der Waals surface area contributed by atoms with Crippen LogP contribution in [-0.2, 0) is 6.42 Å². The van der Waals surface area contributed by atoms with Crippen molar-refractivity contribution in [1.82, 2.24) is 19.9 Å². The fourth-order valence-corrected chi connectivity index (χ4v) is 4.92. The summed E-state index contributed by atoms with van der Waals surface area (Å²) in [7, 11) is 0. The van der Waals surface area contributed by atoms with E-state index >= 15 is 0 Å². The fraction of sp³-hybridized carbons (Fsp3) is 0.391. The summed E-state index contributed by atoms with van der Waals surface area (Å²) in [6, 6.07) is 7.51. The molecule has 0 radical (unpaired) electrons. The van der Waals surface area contributed by atoms with Gasteiger partial charge in [-0.2, -0.15) is 0 Å². The molecule has 0 spiro atoms. The Balaban J connectivity index is 1.43. The van der Waals surface area contributed by atoms with Crippen LogP contribution in [-0.4, -0.2) is 70.2 Å². The lowest BCUT2D eigenvalue weighted by atomic mass is 10.2. The summed E-state index contributed by atoms with van der Waals surface area (Å²) >= 11 is 7.58. The molecule has 10 heteroatoms. The highest BCUT2D eigenvalue weighted by atomic mass is 35.5. The van der Waals surface area contributed by atoms with E-state index in [1.807, 2.05) is 32.0 Å². The minimum atomic E-state index is -0.227. The standard InChI is InChI=1S/C23H27ClN6O2S/c1-15-4-3-5-18(24)22(15)28-23(32)19-14-25-21(33-19)13-17-12-20(27-16(2)26-17)30-8-6-29(7-9-30)10-11-31/h3-5,12,14,31H,6-11,13H2,1-2H3,(H,28,32). The Morgan fingerprint density at radius 2 is 2.00 bits per heavy atom. The van der Waals surface area contributed by atoms with Crippen molar-refractivity contribution in [2.45, 2.75) is 20.3 Å². The summed E-state index contributed by atoms with van der Waals surface area (Å²) in [5.41, 5.74) is 2.40. The van der Waals surface area contributed by atoms with Crippen molar-refractivity contribution in [3.05, 3.63) is 62.5 Å². The molecule has 1 amide bonds. The van der Waals surface area contributed by atoms with Crippen LogP contribution in [0.25, 0.3) is 0 Å². The smallest absolute Gasteiger partial charge is 0.267 e. The number of rotatable bonds is 7. The van der Waals surface area contributed by atoms with E-state index in [4.69, 9.17) is 16.7 Å². The quantitative estimate of drug-likeness (QED) is 0.529. The fourth-order valence-electron chi connectivity index (χ4n) is 3.82. The summed E-state index contributed by atoms with van der Waals surface area (Å²) in [5, 5.41) is 13.4. The number of piperazine rings is 1. The number of para-hydroxylation sites is 1. The number of nitrogens with zero attached hydrogens (tertiary/aromatic N) is 5. The highest BCUT2D eigenvalue weighted by molar-refractivity contribution is 7.13. The van der Waals surface area contributed by atoms with Crippen LogP contribution in [0.15, 0.2) is 30.5 Å². The number of anilines is 2. The monoisotopic (exact) mass is 486 g/mol. The van der Waals surface area contributed by atoms with Gasteiger partial charge in [-0.25, -0.2) is 15.0 Å².